The van der Waals surface area contributed by atoms with Crippen LogP contribution >= 0.6 is 10.7 Å². The zero-order chi connectivity index (χ0) is 11.6. The third kappa shape index (κ3) is 2.56. The molecule has 16 heavy (non-hydrogen) atoms. The number of hydrogen-bond acceptors (Lipinski definition) is 3. The van der Waals surface area contributed by atoms with Crippen LogP contribution in [0.2, 0.25) is 0 Å². The first kappa shape index (κ1) is 11.9. The molecular weight excluding hydrogens is 248 g/mol. The molecule has 1 aliphatic rings. The van der Waals surface area contributed by atoms with Crippen LogP contribution in [0, 0.1) is 0 Å². The predicted molar refractivity (Wildman–Crippen MR) is 62.3 cm³/mol. The van der Waals surface area contributed by atoms with E-state index in [2.05, 4.69) is 0 Å². The zero-order valence-electron chi connectivity index (χ0n) is 8.73. The van der Waals surface area contributed by atoms with Crippen molar-refractivity contribution in [3.8, 4) is 0 Å². The number of rotatable bonds is 2. The van der Waals surface area contributed by atoms with Crippen molar-refractivity contribution < 1.29 is 13.2 Å². The SMILES string of the molecule is O=S(=O)(Cl)c1ccccc1C1CCCOC1. The minimum Gasteiger partial charge on any atom is -0.381 e. The minimum absolute atomic E-state index is 0.137. The fourth-order valence-corrected chi connectivity index (χ4v) is 3.20. The molecule has 0 aromatic heterocycles. The molecule has 1 aromatic rings. The largest absolute Gasteiger partial charge is 0.381 e. The van der Waals surface area contributed by atoms with Gasteiger partial charge in [-0.1, -0.05) is 18.2 Å². The van der Waals surface area contributed by atoms with Crippen molar-refractivity contribution in [3.63, 3.8) is 0 Å². The Labute approximate surface area is 99.8 Å². The van der Waals surface area contributed by atoms with Crippen LogP contribution < -0.4 is 0 Å². The summed E-state index contributed by atoms with van der Waals surface area (Å²) in [6, 6.07) is 6.87. The van der Waals surface area contributed by atoms with Crippen molar-refractivity contribution in [1.82, 2.24) is 0 Å². The van der Waals surface area contributed by atoms with Crippen molar-refractivity contribution in [2.24, 2.45) is 0 Å². The summed E-state index contributed by atoms with van der Waals surface area (Å²) in [5.41, 5.74) is 0.775. The van der Waals surface area contributed by atoms with Crippen LogP contribution in [0.5, 0.6) is 0 Å². The first-order chi connectivity index (χ1) is 7.59. The van der Waals surface area contributed by atoms with Crippen LogP contribution in [-0.2, 0) is 13.8 Å². The fourth-order valence-electron chi connectivity index (χ4n) is 2.03. The van der Waals surface area contributed by atoms with Gasteiger partial charge < -0.3 is 4.74 Å². The molecular formula is C11H13ClO3S. The van der Waals surface area contributed by atoms with Crippen molar-refractivity contribution in [1.29, 1.82) is 0 Å². The van der Waals surface area contributed by atoms with Gasteiger partial charge in [-0.15, -0.1) is 0 Å². The van der Waals surface area contributed by atoms with E-state index in [1.165, 1.54) is 0 Å². The summed E-state index contributed by atoms with van der Waals surface area (Å²) in [6.07, 6.45) is 1.91. The van der Waals surface area contributed by atoms with Gasteiger partial charge in [0.05, 0.1) is 11.5 Å². The van der Waals surface area contributed by atoms with Crippen LogP contribution in [0.25, 0.3) is 0 Å². The molecule has 0 aliphatic carbocycles. The Morgan fingerprint density at radius 1 is 1.31 bits per heavy atom. The van der Waals surface area contributed by atoms with Gasteiger partial charge in [0.2, 0.25) is 0 Å². The molecule has 2 rings (SSSR count). The van der Waals surface area contributed by atoms with Gasteiger partial charge in [0.25, 0.3) is 9.05 Å². The molecule has 0 bridgehead atoms. The fraction of sp³-hybridized carbons (Fsp3) is 0.455. The van der Waals surface area contributed by atoms with Crippen LogP contribution in [-0.4, -0.2) is 21.6 Å². The van der Waals surface area contributed by atoms with E-state index in [1.54, 1.807) is 12.1 Å². The number of ether oxygens (including phenoxy) is 1. The molecule has 0 saturated carbocycles. The van der Waals surface area contributed by atoms with Gasteiger partial charge in [-0.25, -0.2) is 8.42 Å². The monoisotopic (exact) mass is 260 g/mol. The summed E-state index contributed by atoms with van der Waals surface area (Å²) in [4.78, 5) is 0.215. The second kappa shape index (κ2) is 4.73. The topological polar surface area (TPSA) is 43.4 Å². The number of benzene rings is 1. The van der Waals surface area contributed by atoms with Crippen molar-refractivity contribution in [2.45, 2.75) is 23.7 Å². The van der Waals surface area contributed by atoms with Gasteiger partial charge in [0.15, 0.2) is 0 Å². The number of hydrogen-bond donors (Lipinski definition) is 0. The van der Waals surface area contributed by atoms with E-state index in [9.17, 15) is 8.42 Å². The van der Waals surface area contributed by atoms with Gasteiger partial charge in [-0.2, -0.15) is 0 Å². The normalized spacial score (nSPS) is 21.9. The van der Waals surface area contributed by atoms with Gasteiger partial charge in [0, 0.05) is 23.2 Å². The van der Waals surface area contributed by atoms with Crippen LogP contribution in [0.3, 0.4) is 0 Å². The van der Waals surface area contributed by atoms with E-state index < -0.39 is 9.05 Å². The molecule has 0 radical (unpaired) electrons. The average Bonchev–Trinajstić information content (AvgIpc) is 2.29. The molecule has 1 atom stereocenters. The van der Waals surface area contributed by atoms with Crippen molar-refractivity contribution >= 4 is 19.7 Å². The maximum atomic E-state index is 11.4. The first-order valence-electron chi connectivity index (χ1n) is 5.20. The second-order valence-corrected chi connectivity index (χ2v) is 6.42. The lowest BCUT2D eigenvalue weighted by Crippen LogP contribution is -2.17. The molecule has 0 spiro atoms. The highest BCUT2D eigenvalue weighted by Gasteiger charge is 2.23. The lowest BCUT2D eigenvalue weighted by molar-refractivity contribution is 0.0797. The Balaban J connectivity index is 2.40. The summed E-state index contributed by atoms with van der Waals surface area (Å²) in [5, 5.41) is 0. The molecule has 1 unspecified atom stereocenters. The molecule has 1 saturated heterocycles. The molecule has 3 nitrogen and oxygen atoms in total. The molecule has 0 N–H and O–H groups in total. The predicted octanol–water partition coefficient (Wildman–Crippen LogP) is 2.51. The van der Waals surface area contributed by atoms with E-state index in [-0.39, 0.29) is 10.8 Å². The molecule has 1 heterocycles. The average molecular weight is 261 g/mol. The summed E-state index contributed by atoms with van der Waals surface area (Å²) in [5.74, 6) is 0.137. The Hall–Kier alpha value is -0.580. The van der Waals surface area contributed by atoms with Gasteiger partial charge in [-0.3, -0.25) is 0 Å². The Morgan fingerprint density at radius 3 is 2.69 bits per heavy atom. The lowest BCUT2D eigenvalue weighted by atomic mass is 9.94. The van der Waals surface area contributed by atoms with Crippen LogP contribution in [0.15, 0.2) is 29.2 Å². The van der Waals surface area contributed by atoms with Crippen LogP contribution in [0.4, 0.5) is 0 Å². The molecule has 1 aliphatic heterocycles. The Kier molecular flexibility index (Phi) is 3.52. The Morgan fingerprint density at radius 2 is 2.06 bits per heavy atom. The summed E-state index contributed by atoms with van der Waals surface area (Å²) in [6.45, 7) is 1.33. The van der Waals surface area contributed by atoms with E-state index in [1.807, 2.05) is 12.1 Å². The Bertz CT molecular complexity index is 464. The number of halogens is 1. The quantitative estimate of drug-likeness (QED) is 0.768. The highest BCUT2D eigenvalue weighted by atomic mass is 35.7. The smallest absolute Gasteiger partial charge is 0.261 e. The van der Waals surface area contributed by atoms with E-state index in [4.69, 9.17) is 15.4 Å². The summed E-state index contributed by atoms with van der Waals surface area (Å²) >= 11 is 0. The minimum atomic E-state index is -3.67. The zero-order valence-corrected chi connectivity index (χ0v) is 10.3. The van der Waals surface area contributed by atoms with Gasteiger partial charge in [0.1, 0.15) is 0 Å². The molecule has 1 aromatic carbocycles. The lowest BCUT2D eigenvalue weighted by Gasteiger charge is -2.23. The molecule has 0 amide bonds. The highest BCUT2D eigenvalue weighted by molar-refractivity contribution is 8.13. The molecule has 88 valence electrons. The molecule has 5 heteroatoms. The van der Waals surface area contributed by atoms with Gasteiger partial charge >= 0.3 is 0 Å². The highest BCUT2D eigenvalue weighted by Crippen LogP contribution is 2.31. The maximum Gasteiger partial charge on any atom is 0.261 e. The standard InChI is InChI=1S/C11H13ClO3S/c12-16(13,14)11-6-2-1-5-10(11)9-4-3-7-15-8-9/h1-2,5-6,9H,3-4,7-8H2. The van der Waals surface area contributed by atoms with Crippen LogP contribution in [0.1, 0.15) is 24.3 Å². The maximum absolute atomic E-state index is 11.4. The third-order valence-corrected chi connectivity index (χ3v) is 4.18. The third-order valence-electron chi connectivity index (χ3n) is 2.78. The summed E-state index contributed by atoms with van der Waals surface area (Å²) < 4.78 is 28.2. The molecule has 1 fully saturated rings. The van der Waals surface area contributed by atoms with Crippen molar-refractivity contribution in [2.75, 3.05) is 13.2 Å². The van der Waals surface area contributed by atoms with Gasteiger partial charge in [-0.05, 0) is 24.5 Å². The summed E-state index contributed by atoms with van der Waals surface area (Å²) in [7, 11) is 1.75. The van der Waals surface area contributed by atoms with E-state index in [0.29, 0.717) is 6.61 Å². The second-order valence-electron chi connectivity index (χ2n) is 3.89. The van der Waals surface area contributed by atoms with E-state index >= 15 is 0 Å². The van der Waals surface area contributed by atoms with E-state index in [0.717, 1.165) is 25.0 Å². The first-order valence-corrected chi connectivity index (χ1v) is 7.51. The van der Waals surface area contributed by atoms with Crippen molar-refractivity contribution in [3.05, 3.63) is 29.8 Å².